The van der Waals surface area contributed by atoms with Gasteiger partial charge in [-0.3, -0.25) is 0 Å². The summed E-state index contributed by atoms with van der Waals surface area (Å²) >= 11 is 0. The van der Waals surface area contributed by atoms with Gasteiger partial charge in [-0.15, -0.1) is 0 Å². The van der Waals surface area contributed by atoms with Crippen LogP contribution < -0.4 is 11.1 Å². The van der Waals surface area contributed by atoms with Gasteiger partial charge in [-0.1, -0.05) is 46.8 Å². The van der Waals surface area contributed by atoms with Gasteiger partial charge in [0.15, 0.2) is 0 Å². The standard InChI is InChI=1S/C17H30N2/c1-16(2,3)15-13(8-7-9-14(15)19-6)12-17(4,5)10-11-18/h7-9,19H,10-12,18H2,1-6H3. The molecule has 0 spiro atoms. The zero-order valence-electron chi connectivity index (χ0n) is 13.4. The highest BCUT2D eigenvalue weighted by atomic mass is 14.8. The Morgan fingerprint density at radius 2 is 1.74 bits per heavy atom. The van der Waals surface area contributed by atoms with Crippen LogP contribution in [0.4, 0.5) is 5.69 Å². The Morgan fingerprint density at radius 3 is 2.21 bits per heavy atom. The van der Waals surface area contributed by atoms with Crippen LogP contribution in [0, 0.1) is 5.41 Å². The SMILES string of the molecule is CNc1cccc(CC(C)(C)CCN)c1C(C)(C)C. The van der Waals surface area contributed by atoms with Crippen molar-refractivity contribution in [2.75, 3.05) is 18.9 Å². The minimum absolute atomic E-state index is 0.147. The highest BCUT2D eigenvalue weighted by molar-refractivity contribution is 5.57. The van der Waals surface area contributed by atoms with E-state index >= 15 is 0 Å². The average Bonchev–Trinajstić information content (AvgIpc) is 2.26. The molecule has 0 unspecified atom stereocenters. The van der Waals surface area contributed by atoms with Gasteiger partial charge >= 0.3 is 0 Å². The Kier molecular flexibility index (Phi) is 5.03. The number of rotatable bonds is 5. The first-order chi connectivity index (χ1) is 8.71. The van der Waals surface area contributed by atoms with Crippen LogP contribution in [0.5, 0.6) is 0 Å². The summed E-state index contributed by atoms with van der Waals surface area (Å²) in [4.78, 5) is 0. The highest BCUT2D eigenvalue weighted by Gasteiger charge is 2.25. The molecule has 0 amide bonds. The van der Waals surface area contributed by atoms with Crippen LogP contribution in [0.3, 0.4) is 0 Å². The number of anilines is 1. The molecular formula is C17H30N2. The largest absolute Gasteiger partial charge is 0.388 e. The van der Waals surface area contributed by atoms with Crippen molar-refractivity contribution in [1.29, 1.82) is 0 Å². The van der Waals surface area contributed by atoms with Crippen LogP contribution in [0.15, 0.2) is 18.2 Å². The van der Waals surface area contributed by atoms with E-state index in [2.05, 4.69) is 58.1 Å². The van der Waals surface area contributed by atoms with Crippen molar-refractivity contribution >= 4 is 5.69 Å². The molecule has 0 bridgehead atoms. The number of hydrogen-bond donors (Lipinski definition) is 2. The first kappa shape index (κ1) is 16.0. The molecule has 1 aromatic carbocycles. The number of nitrogens with one attached hydrogen (secondary N) is 1. The van der Waals surface area contributed by atoms with Crippen molar-refractivity contribution in [2.24, 2.45) is 11.1 Å². The monoisotopic (exact) mass is 262 g/mol. The summed E-state index contributed by atoms with van der Waals surface area (Å²) in [7, 11) is 2.00. The summed E-state index contributed by atoms with van der Waals surface area (Å²) in [5, 5.41) is 3.34. The zero-order valence-corrected chi connectivity index (χ0v) is 13.4. The quantitative estimate of drug-likeness (QED) is 0.843. The van der Waals surface area contributed by atoms with Crippen LogP contribution >= 0.6 is 0 Å². The number of benzene rings is 1. The Labute approximate surface area is 118 Å². The van der Waals surface area contributed by atoms with E-state index in [-0.39, 0.29) is 10.8 Å². The summed E-state index contributed by atoms with van der Waals surface area (Å²) in [5.41, 5.74) is 10.3. The summed E-state index contributed by atoms with van der Waals surface area (Å²) in [6.45, 7) is 12.2. The van der Waals surface area contributed by atoms with Gasteiger partial charge in [0.05, 0.1) is 0 Å². The zero-order chi connectivity index (χ0) is 14.7. The smallest absolute Gasteiger partial charge is 0.0378 e. The van der Waals surface area contributed by atoms with E-state index in [1.54, 1.807) is 0 Å². The predicted octanol–water partition coefficient (Wildman–Crippen LogP) is 3.94. The van der Waals surface area contributed by atoms with E-state index < -0.39 is 0 Å². The summed E-state index contributed by atoms with van der Waals surface area (Å²) in [6, 6.07) is 6.58. The van der Waals surface area contributed by atoms with E-state index in [4.69, 9.17) is 5.73 Å². The van der Waals surface area contributed by atoms with Crippen molar-refractivity contribution in [1.82, 2.24) is 0 Å². The lowest BCUT2D eigenvalue weighted by atomic mass is 9.76. The van der Waals surface area contributed by atoms with Crippen LogP contribution in [-0.2, 0) is 11.8 Å². The molecule has 1 aromatic rings. The molecule has 0 aliphatic rings. The second-order valence-corrected chi connectivity index (χ2v) is 7.22. The summed E-state index contributed by atoms with van der Waals surface area (Å²) < 4.78 is 0. The van der Waals surface area contributed by atoms with Crippen LogP contribution in [-0.4, -0.2) is 13.6 Å². The second kappa shape index (κ2) is 5.96. The molecule has 0 fully saturated rings. The van der Waals surface area contributed by atoms with Gasteiger partial charge in [0.25, 0.3) is 0 Å². The molecule has 108 valence electrons. The molecule has 0 saturated carbocycles. The minimum atomic E-state index is 0.147. The van der Waals surface area contributed by atoms with E-state index in [1.165, 1.54) is 16.8 Å². The van der Waals surface area contributed by atoms with Gasteiger partial charge in [0.1, 0.15) is 0 Å². The lowest BCUT2D eigenvalue weighted by Crippen LogP contribution is -2.23. The van der Waals surface area contributed by atoms with Gasteiger partial charge in [-0.25, -0.2) is 0 Å². The molecule has 3 N–H and O–H groups in total. The fourth-order valence-electron chi connectivity index (χ4n) is 2.84. The summed E-state index contributed by atoms with van der Waals surface area (Å²) in [5.74, 6) is 0. The molecule has 0 aromatic heterocycles. The third kappa shape index (κ3) is 4.24. The Hall–Kier alpha value is -1.02. The van der Waals surface area contributed by atoms with Crippen LogP contribution in [0.2, 0.25) is 0 Å². The van der Waals surface area contributed by atoms with Crippen molar-refractivity contribution in [2.45, 2.75) is 52.9 Å². The van der Waals surface area contributed by atoms with Gasteiger partial charge < -0.3 is 11.1 Å². The van der Waals surface area contributed by atoms with Gasteiger partial charge in [-0.2, -0.15) is 0 Å². The van der Waals surface area contributed by atoms with E-state index in [9.17, 15) is 0 Å². The molecule has 0 heterocycles. The molecule has 0 saturated heterocycles. The number of nitrogens with two attached hydrogens (primary N) is 1. The summed E-state index contributed by atoms with van der Waals surface area (Å²) in [6.07, 6.45) is 2.13. The second-order valence-electron chi connectivity index (χ2n) is 7.22. The van der Waals surface area contributed by atoms with Crippen molar-refractivity contribution in [3.8, 4) is 0 Å². The molecule has 0 aliphatic heterocycles. The van der Waals surface area contributed by atoms with E-state index in [0.29, 0.717) is 0 Å². The van der Waals surface area contributed by atoms with E-state index in [1.807, 2.05) is 7.05 Å². The maximum Gasteiger partial charge on any atom is 0.0378 e. The first-order valence-electron chi connectivity index (χ1n) is 7.21. The molecule has 2 nitrogen and oxygen atoms in total. The fourth-order valence-corrected chi connectivity index (χ4v) is 2.84. The average molecular weight is 262 g/mol. The lowest BCUT2D eigenvalue weighted by molar-refractivity contribution is 0.336. The number of hydrogen-bond acceptors (Lipinski definition) is 2. The molecule has 1 rings (SSSR count). The third-order valence-electron chi connectivity index (χ3n) is 3.66. The molecule has 19 heavy (non-hydrogen) atoms. The first-order valence-corrected chi connectivity index (χ1v) is 7.21. The fraction of sp³-hybridized carbons (Fsp3) is 0.647. The van der Waals surface area contributed by atoms with Crippen molar-refractivity contribution in [3.05, 3.63) is 29.3 Å². The van der Waals surface area contributed by atoms with Crippen LogP contribution in [0.1, 0.15) is 52.2 Å². The minimum Gasteiger partial charge on any atom is -0.388 e. The third-order valence-corrected chi connectivity index (χ3v) is 3.66. The highest BCUT2D eigenvalue weighted by Crippen LogP contribution is 2.36. The normalized spacial score (nSPS) is 12.6. The molecule has 0 aliphatic carbocycles. The van der Waals surface area contributed by atoms with Gasteiger partial charge in [0.2, 0.25) is 0 Å². The topological polar surface area (TPSA) is 38.0 Å². The van der Waals surface area contributed by atoms with E-state index in [0.717, 1.165) is 19.4 Å². The molecule has 0 radical (unpaired) electrons. The Balaban J connectivity index is 3.21. The maximum absolute atomic E-state index is 5.74. The molecule has 2 heteroatoms. The Morgan fingerprint density at radius 1 is 1.11 bits per heavy atom. The van der Waals surface area contributed by atoms with Gasteiger partial charge in [-0.05, 0) is 47.4 Å². The molecule has 0 atom stereocenters. The maximum atomic E-state index is 5.74. The predicted molar refractivity (Wildman–Crippen MR) is 85.8 cm³/mol. The lowest BCUT2D eigenvalue weighted by Gasteiger charge is -2.31. The van der Waals surface area contributed by atoms with Crippen molar-refractivity contribution in [3.63, 3.8) is 0 Å². The molecular weight excluding hydrogens is 232 g/mol. The van der Waals surface area contributed by atoms with Crippen LogP contribution in [0.25, 0.3) is 0 Å². The van der Waals surface area contributed by atoms with Gasteiger partial charge in [0, 0.05) is 12.7 Å². The van der Waals surface area contributed by atoms with Crippen molar-refractivity contribution < 1.29 is 0 Å². The Bertz CT molecular complexity index is 414.